The van der Waals surface area contributed by atoms with E-state index in [9.17, 15) is 4.79 Å². The Balaban J connectivity index is 1.95. The molecule has 1 heterocycles. The molecule has 1 aliphatic heterocycles. The molecule has 0 aliphatic carbocycles. The number of rotatable bonds is 5. The van der Waals surface area contributed by atoms with Gasteiger partial charge in [-0.1, -0.05) is 0 Å². The third-order valence-electron chi connectivity index (χ3n) is 2.07. The zero-order valence-electron chi connectivity index (χ0n) is 7.83. The van der Waals surface area contributed by atoms with E-state index in [2.05, 4.69) is 0 Å². The summed E-state index contributed by atoms with van der Waals surface area (Å²) in [5.41, 5.74) is 4.96. The van der Waals surface area contributed by atoms with Crippen molar-refractivity contribution in [2.45, 2.75) is 31.8 Å². The Labute approximate surface area is 78.4 Å². The number of carbonyl (C=O) groups excluding carboxylic acids is 1. The Morgan fingerprint density at radius 1 is 1.54 bits per heavy atom. The lowest BCUT2D eigenvalue weighted by molar-refractivity contribution is -0.119. The summed E-state index contributed by atoms with van der Waals surface area (Å²) in [5, 5.41) is 0. The van der Waals surface area contributed by atoms with Crippen LogP contribution in [0.4, 0.5) is 0 Å². The predicted octanol–water partition coefficient (Wildman–Crippen LogP) is 0.447. The third kappa shape index (κ3) is 4.85. The molecule has 1 aliphatic rings. The predicted molar refractivity (Wildman–Crippen MR) is 48.2 cm³/mol. The van der Waals surface area contributed by atoms with E-state index in [1.807, 2.05) is 0 Å². The van der Waals surface area contributed by atoms with Crippen LogP contribution in [0.15, 0.2) is 0 Å². The summed E-state index contributed by atoms with van der Waals surface area (Å²) < 4.78 is 10.7. The minimum absolute atomic E-state index is 0.224. The fourth-order valence-corrected chi connectivity index (χ4v) is 1.33. The van der Waals surface area contributed by atoms with E-state index >= 15 is 0 Å². The van der Waals surface area contributed by atoms with Crippen molar-refractivity contribution in [1.29, 1.82) is 0 Å². The molecule has 0 radical (unpaired) electrons. The van der Waals surface area contributed by atoms with Crippen LogP contribution in [0.5, 0.6) is 0 Å². The molecule has 1 fully saturated rings. The van der Waals surface area contributed by atoms with E-state index < -0.39 is 0 Å². The first kappa shape index (κ1) is 10.5. The summed E-state index contributed by atoms with van der Waals surface area (Å²) >= 11 is 0. The van der Waals surface area contributed by atoms with Crippen LogP contribution >= 0.6 is 0 Å². The number of hydrogen-bond acceptors (Lipinski definition) is 3. The summed E-state index contributed by atoms with van der Waals surface area (Å²) in [6.07, 6.45) is 3.95. The molecule has 0 aromatic rings. The van der Waals surface area contributed by atoms with Crippen molar-refractivity contribution in [3.63, 3.8) is 0 Å². The molecule has 0 bridgehead atoms. The molecule has 1 rings (SSSR count). The standard InChI is InChI=1S/C9H17NO3/c10-9(11)4-6-12-7-8-3-1-2-5-13-8/h8H,1-7H2,(H2,10,11). The van der Waals surface area contributed by atoms with Crippen molar-refractivity contribution in [1.82, 2.24) is 0 Å². The van der Waals surface area contributed by atoms with Gasteiger partial charge in [0.05, 0.1) is 19.3 Å². The van der Waals surface area contributed by atoms with Crippen LogP contribution in [0.3, 0.4) is 0 Å². The van der Waals surface area contributed by atoms with Crippen molar-refractivity contribution >= 4 is 5.91 Å². The van der Waals surface area contributed by atoms with Crippen LogP contribution in [-0.2, 0) is 14.3 Å². The number of carbonyl (C=O) groups is 1. The van der Waals surface area contributed by atoms with E-state index in [0.717, 1.165) is 19.4 Å². The highest BCUT2D eigenvalue weighted by Crippen LogP contribution is 2.12. The second-order valence-electron chi connectivity index (χ2n) is 3.28. The third-order valence-corrected chi connectivity index (χ3v) is 2.07. The molecular weight excluding hydrogens is 170 g/mol. The van der Waals surface area contributed by atoms with Crippen LogP contribution in [-0.4, -0.2) is 31.8 Å². The summed E-state index contributed by atoms with van der Waals surface area (Å²) in [4.78, 5) is 10.4. The van der Waals surface area contributed by atoms with Crippen LogP contribution < -0.4 is 5.73 Å². The molecule has 0 saturated carbocycles. The minimum atomic E-state index is -0.315. The zero-order chi connectivity index (χ0) is 9.52. The second kappa shape index (κ2) is 5.94. The van der Waals surface area contributed by atoms with E-state index in [1.165, 1.54) is 6.42 Å². The molecule has 13 heavy (non-hydrogen) atoms. The molecule has 0 aromatic carbocycles. The first-order valence-electron chi connectivity index (χ1n) is 4.76. The largest absolute Gasteiger partial charge is 0.378 e. The van der Waals surface area contributed by atoms with Gasteiger partial charge in [0, 0.05) is 13.0 Å². The normalized spacial score (nSPS) is 22.9. The van der Waals surface area contributed by atoms with Crippen molar-refractivity contribution in [2.75, 3.05) is 19.8 Å². The zero-order valence-corrected chi connectivity index (χ0v) is 7.83. The Hall–Kier alpha value is -0.610. The molecule has 4 nitrogen and oxygen atoms in total. The SMILES string of the molecule is NC(=O)CCOCC1CCCCO1. The Kier molecular flexibility index (Phi) is 4.78. The maximum Gasteiger partial charge on any atom is 0.219 e. The van der Waals surface area contributed by atoms with Gasteiger partial charge in [-0.25, -0.2) is 0 Å². The molecule has 2 N–H and O–H groups in total. The second-order valence-corrected chi connectivity index (χ2v) is 3.28. The van der Waals surface area contributed by atoms with Gasteiger partial charge >= 0.3 is 0 Å². The van der Waals surface area contributed by atoms with E-state index in [1.54, 1.807) is 0 Å². The van der Waals surface area contributed by atoms with E-state index in [4.69, 9.17) is 15.2 Å². The fraction of sp³-hybridized carbons (Fsp3) is 0.889. The highest BCUT2D eigenvalue weighted by molar-refractivity contribution is 5.73. The first-order chi connectivity index (χ1) is 6.29. The van der Waals surface area contributed by atoms with Gasteiger partial charge in [-0.05, 0) is 19.3 Å². The van der Waals surface area contributed by atoms with Crippen molar-refractivity contribution in [3.8, 4) is 0 Å². The highest BCUT2D eigenvalue weighted by Gasteiger charge is 2.13. The molecule has 1 unspecified atom stereocenters. The summed E-state index contributed by atoms with van der Waals surface area (Å²) in [5.74, 6) is -0.315. The Morgan fingerprint density at radius 2 is 2.38 bits per heavy atom. The first-order valence-corrected chi connectivity index (χ1v) is 4.76. The monoisotopic (exact) mass is 187 g/mol. The average Bonchev–Trinajstić information content (AvgIpc) is 2.14. The molecule has 4 heteroatoms. The van der Waals surface area contributed by atoms with Crippen molar-refractivity contribution in [3.05, 3.63) is 0 Å². The number of hydrogen-bond donors (Lipinski definition) is 1. The minimum Gasteiger partial charge on any atom is -0.378 e. The number of amides is 1. The quantitative estimate of drug-likeness (QED) is 0.635. The van der Waals surface area contributed by atoms with Gasteiger partial charge in [0.1, 0.15) is 0 Å². The fourth-order valence-electron chi connectivity index (χ4n) is 1.33. The van der Waals surface area contributed by atoms with E-state index in [0.29, 0.717) is 19.6 Å². The van der Waals surface area contributed by atoms with Gasteiger partial charge in [-0.2, -0.15) is 0 Å². The lowest BCUT2D eigenvalue weighted by Gasteiger charge is -2.22. The van der Waals surface area contributed by atoms with Gasteiger partial charge < -0.3 is 15.2 Å². The summed E-state index contributed by atoms with van der Waals surface area (Å²) in [6.45, 7) is 1.84. The highest BCUT2D eigenvalue weighted by atomic mass is 16.5. The Bertz CT molecular complexity index is 155. The van der Waals surface area contributed by atoms with Gasteiger partial charge in [0.15, 0.2) is 0 Å². The number of nitrogens with two attached hydrogens (primary N) is 1. The maximum absolute atomic E-state index is 10.4. The van der Waals surface area contributed by atoms with Gasteiger partial charge in [0.2, 0.25) is 5.91 Å². The average molecular weight is 187 g/mol. The van der Waals surface area contributed by atoms with Crippen LogP contribution in [0.1, 0.15) is 25.7 Å². The molecule has 76 valence electrons. The molecule has 1 saturated heterocycles. The summed E-state index contributed by atoms with van der Waals surface area (Å²) in [6, 6.07) is 0. The number of primary amides is 1. The summed E-state index contributed by atoms with van der Waals surface area (Å²) in [7, 11) is 0. The molecule has 0 spiro atoms. The maximum atomic E-state index is 10.4. The Morgan fingerprint density at radius 3 is 3.00 bits per heavy atom. The van der Waals surface area contributed by atoms with Gasteiger partial charge in [0.25, 0.3) is 0 Å². The van der Waals surface area contributed by atoms with Gasteiger partial charge in [-0.15, -0.1) is 0 Å². The van der Waals surface area contributed by atoms with Crippen LogP contribution in [0.25, 0.3) is 0 Å². The topological polar surface area (TPSA) is 61.6 Å². The molecule has 1 atom stereocenters. The van der Waals surface area contributed by atoms with E-state index in [-0.39, 0.29) is 12.0 Å². The lowest BCUT2D eigenvalue weighted by atomic mass is 10.1. The van der Waals surface area contributed by atoms with Crippen molar-refractivity contribution < 1.29 is 14.3 Å². The van der Waals surface area contributed by atoms with Crippen LogP contribution in [0, 0.1) is 0 Å². The van der Waals surface area contributed by atoms with Crippen molar-refractivity contribution in [2.24, 2.45) is 5.73 Å². The van der Waals surface area contributed by atoms with Crippen LogP contribution in [0.2, 0.25) is 0 Å². The molecule has 0 aromatic heterocycles. The molecular formula is C9H17NO3. The lowest BCUT2D eigenvalue weighted by Crippen LogP contribution is -2.25. The number of ether oxygens (including phenoxy) is 2. The molecule has 1 amide bonds. The van der Waals surface area contributed by atoms with Gasteiger partial charge in [-0.3, -0.25) is 4.79 Å². The smallest absolute Gasteiger partial charge is 0.219 e.